The maximum absolute atomic E-state index is 12.9. The van der Waals surface area contributed by atoms with Crippen molar-refractivity contribution < 1.29 is 13.2 Å². The fourth-order valence-corrected chi connectivity index (χ4v) is 5.25. The predicted octanol–water partition coefficient (Wildman–Crippen LogP) is 1.30. The number of piperidine rings is 1. The Morgan fingerprint density at radius 3 is 2.71 bits per heavy atom. The van der Waals surface area contributed by atoms with Crippen LogP contribution in [0, 0.1) is 0 Å². The Labute approximate surface area is 140 Å². The summed E-state index contributed by atoms with van der Waals surface area (Å²) >= 11 is 0. The van der Waals surface area contributed by atoms with Crippen molar-refractivity contribution in [1.82, 2.24) is 4.90 Å². The lowest BCUT2D eigenvalue weighted by molar-refractivity contribution is -0.130. The van der Waals surface area contributed by atoms with Crippen molar-refractivity contribution in [3.05, 3.63) is 36.4 Å². The third-order valence-corrected chi connectivity index (χ3v) is 6.57. The Morgan fingerprint density at radius 1 is 1.21 bits per heavy atom. The summed E-state index contributed by atoms with van der Waals surface area (Å²) in [5.74, 6) is -0.196. The van der Waals surface area contributed by atoms with Crippen molar-refractivity contribution in [1.29, 1.82) is 0 Å². The highest BCUT2D eigenvalue weighted by Crippen LogP contribution is 2.41. The molecule has 126 valence electrons. The average molecular weight is 345 g/mol. The van der Waals surface area contributed by atoms with Crippen LogP contribution in [0.1, 0.15) is 12.8 Å². The van der Waals surface area contributed by atoms with Crippen LogP contribution in [0.5, 0.6) is 0 Å². The van der Waals surface area contributed by atoms with Crippen LogP contribution in [-0.2, 0) is 14.8 Å². The second-order valence-electron chi connectivity index (χ2n) is 6.39. The molecule has 0 radical (unpaired) electrons. The van der Waals surface area contributed by atoms with Gasteiger partial charge in [0.15, 0.2) is 0 Å². The van der Waals surface area contributed by atoms with Gasteiger partial charge in [-0.05, 0) is 30.4 Å². The summed E-state index contributed by atoms with van der Waals surface area (Å²) in [5.41, 5.74) is 6.51. The average Bonchev–Trinajstić information content (AvgIpc) is 2.78. The number of nitrogens with two attached hydrogens (primary N) is 1. The Bertz CT molecular complexity index is 921. The molecule has 0 aromatic heterocycles. The van der Waals surface area contributed by atoms with Gasteiger partial charge in [0.25, 0.3) is 10.0 Å². The minimum absolute atomic E-state index is 0.0292. The molecule has 2 aliphatic heterocycles. The minimum Gasteiger partial charge on any atom is -0.340 e. The third-order valence-electron chi connectivity index (χ3n) is 4.77. The molecule has 1 amide bonds. The summed E-state index contributed by atoms with van der Waals surface area (Å²) in [6, 6.07) is 10.6. The van der Waals surface area contributed by atoms with E-state index in [0.29, 0.717) is 24.2 Å². The number of rotatable bonds is 2. The fraction of sp³-hybridized carbons (Fsp3) is 0.353. The van der Waals surface area contributed by atoms with E-state index in [2.05, 4.69) is 0 Å². The number of likely N-dealkylation sites (tertiary alicyclic amines) is 1. The lowest BCUT2D eigenvalue weighted by Crippen LogP contribution is -2.49. The molecular weight excluding hydrogens is 326 g/mol. The molecule has 0 bridgehead atoms. The van der Waals surface area contributed by atoms with Crippen molar-refractivity contribution in [2.45, 2.75) is 23.8 Å². The molecule has 1 fully saturated rings. The van der Waals surface area contributed by atoms with E-state index >= 15 is 0 Å². The van der Waals surface area contributed by atoms with E-state index in [0.717, 1.165) is 18.2 Å². The maximum atomic E-state index is 12.9. The molecule has 1 unspecified atom stereocenters. The molecule has 1 atom stereocenters. The Kier molecular flexibility index (Phi) is 3.51. The summed E-state index contributed by atoms with van der Waals surface area (Å²) in [4.78, 5) is 14.6. The van der Waals surface area contributed by atoms with Gasteiger partial charge in [-0.3, -0.25) is 9.10 Å². The zero-order valence-electron chi connectivity index (χ0n) is 13.2. The topological polar surface area (TPSA) is 83.7 Å². The van der Waals surface area contributed by atoms with Gasteiger partial charge in [-0.2, -0.15) is 0 Å². The minimum atomic E-state index is -3.69. The second-order valence-corrected chi connectivity index (χ2v) is 8.22. The Hall–Kier alpha value is -2.12. The first kappa shape index (κ1) is 15.4. The van der Waals surface area contributed by atoms with Gasteiger partial charge < -0.3 is 10.6 Å². The van der Waals surface area contributed by atoms with Gasteiger partial charge in [0.1, 0.15) is 6.54 Å². The number of nitrogens with zero attached hydrogens (tertiary/aromatic N) is 2. The van der Waals surface area contributed by atoms with Crippen LogP contribution in [0.25, 0.3) is 10.8 Å². The number of hydrogen-bond acceptors (Lipinski definition) is 4. The van der Waals surface area contributed by atoms with Crippen molar-refractivity contribution >= 4 is 32.4 Å². The quantitative estimate of drug-likeness (QED) is 0.889. The predicted molar refractivity (Wildman–Crippen MR) is 92.3 cm³/mol. The van der Waals surface area contributed by atoms with E-state index in [1.54, 1.807) is 23.1 Å². The number of carbonyl (C=O) groups excluding carboxylic acids is 1. The first-order chi connectivity index (χ1) is 11.5. The van der Waals surface area contributed by atoms with E-state index in [-0.39, 0.29) is 23.4 Å². The molecule has 2 aliphatic rings. The van der Waals surface area contributed by atoms with Crippen molar-refractivity contribution in [2.24, 2.45) is 5.73 Å². The van der Waals surface area contributed by atoms with Gasteiger partial charge in [-0.15, -0.1) is 0 Å². The lowest BCUT2D eigenvalue weighted by Gasteiger charge is -2.32. The Balaban J connectivity index is 1.70. The zero-order valence-corrected chi connectivity index (χ0v) is 14.0. The second kappa shape index (κ2) is 5.46. The smallest absolute Gasteiger partial charge is 0.265 e. The highest BCUT2D eigenvalue weighted by molar-refractivity contribution is 7.93. The molecule has 6 nitrogen and oxygen atoms in total. The van der Waals surface area contributed by atoms with Crippen LogP contribution >= 0.6 is 0 Å². The SMILES string of the molecule is NC1CCCN(C(=O)CN2c3cccc4cccc(c34)S2(=O)=O)C1. The molecule has 2 N–H and O–H groups in total. The summed E-state index contributed by atoms with van der Waals surface area (Å²) in [6.45, 7) is 0.949. The summed E-state index contributed by atoms with van der Waals surface area (Å²) in [5, 5.41) is 1.56. The first-order valence-corrected chi connectivity index (χ1v) is 9.50. The number of carbonyl (C=O) groups is 1. The van der Waals surface area contributed by atoms with Gasteiger partial charge in [-0.1, -0.05) is 24.3 Å². The molecule has 24 heavy (non-hydrogen) atoms. The number of sulfonamides is 1. The van der Waals surface area contributed by atoms with Gasteiger partial charge in [0, 0.05) is 24.5 Å². The molecule has 2 aromatic rings. The summed E-state index contributed by atoms with van der Waals surface area (Å²) in [7, 11) is -3.69. The van der Waals surface area contributed by atoms with Gasteiger partial charge in [-0.25, -0.2) is 8.42 Å². The highest BCUT2D eigenvalue weighted by Gasteiger charge is 2.37. The normalized spacial score (nSPS) is 22.1. The van der Waals surface area contributed by atoms with Gasteiger partial charge >= 0.3 is 0 Å². The first-order valence-electron chi connectivity index (χ1n) is 8.06. The molecule has 1 saturated heterocycles. The largest absolute Gasteiger partial charge is 0.340 e. The molecule has 0 aliphatic carbocycles. The third kappa shape index (κ3) is 2.27. The van der Waals surface area contributed by atoms with Crippen LogP contribution in [0.3, 0.4) is 0 Å². The number of anilines is 1. The molecule has 7 heteroatoms. The monoisotopic (exact) mass is 345 g/mol. The van der Waals surface area contributed by atoms with E-state index < -0.39 is 10.0 Å². The fourth-order valence-electron chi connectivity index (χ4n) is 3.59. The number of amides is 1. The molecule has 2 aromatic carbocycles. The number of hydrogen-bond donors (Lipinski definition) is 1. The molecular formula is C17H19N3O3S. The lowest BCUT2D eigenvalue weighted by atomic mass is 10.1. The van der Waals surface area contributed by atoms with Gasteiger partial charge in [0.05, 0.1) is 10.6 Å². The molecule has 0 saturated carbocycles. The van der Waals surface area contributed by atoms with Crippen molar-refractivity contribution in [3.63, 3.8) is 0 Å². The Morgan fingerprint density at radius 2 is 1.96 bits per heavy atom. The summed E-state index contributed by atoms with van der Waals surface area (Å²) < 4.78 is 27.0. The molecule has 4 rings (SSSR count). The van der Waals surface area contributed by atoms with Crippen LogP contribution in [0.4, 0.5) is 5.69 Å². The molecule has 0 spiro atoms. The van der Waals surface area contributed by atoms with E-state index in [9.17, 15) is 13.2 Å². The van der Waals surface area contributed by atoms with Crippen molar-refractivity contribution in [2.75, 3.05) is 23.9 Å². The highest BCUT2D eigenvalue weighted by atomic mass is 32.2. The van der Waals surface area contributed by atoms with E-state index in [4.69, 9.17) is 5.73 Å². The van der Waals surface area contributed by atoms with Crippen LogP contribution in [-0.4, -0.2) is 44.9 Å². The van der Waals surface area contributed by atoms with Crippen LogP contribution in [0.15, 0.2) is 41.3 Å². The van der Waals surface area contributed by atoms with Crippen molar-refractivity contribution in [3.8, 4) is 0 Å². The van der Waals surface area contributed by atoms with Gasteiger partial charge in [0.2, 0.25) is 5.91 Å². The summed E-state index contributed by atoms with van der Waals surface area (Å²) in [6.07, 6.45) is 1.76. The van der Waals surface area contributed by atoms with E-state index in [1.807, 2.05) is 18.2 Å². The molecule has 2 heterocycles. The van der Waals surface area contributed by atoms with Crippen LogP contribution in [0.2, 0.25) is 0 Å². The standard InChI is InChI=1S/C17H19N3O3S/c18-13-6-3-9-19(10-13)16(21)11-20-14-7-1-4-12-5-2-8-15(17(12)14)24(20,22)23/h1-2,4-5,7-8,13H,3,6,9-11,18H2. The zero-order chi connectivity index (χ0) is 16.9. The van der Waals surface area contributed by atoms with Crippen LogP contribution < -0.4 is 10.0 Å². The maximum Gasteiger partial charge on any atom is 0.265 e. The number of benzene rings is 2. The van der Waals surface area contributed by atoms with E-state index in [1.165, 1.54) is 4.31 Å².